The third-order valence-corrected chi connectivity index (χ3v) is 13.7. The Morgan fingerprint density at radius 2 is 1.59 bits per heavy atom. The molecule has 0 aliphatic carbocycles. The van der Waals surface area contributed by atoms with Crippen LogP contribution in [-0.2, 0) is 41.2 Å². The maximum absolute atomic E-state index is 12.5. The molecule has 0 bridgehead atoms. The molecular formula is C28H41Li4N6O17P3S. The largest absolute Gasteiger partial charge is 1.00 e. The van der Waals surface area contributed by atoms with Crippen molar-refractivity contribution >= 4 is 59.2 Å². The molecule has 23 nitrogen and oxygen atoms in total. The molecule has 3 saturated heterocycles. The smallest absolute Gasteiger partial charge is 0.790 e. The molecule has 4 heterocycles. The van der Waals surface area contributed by atoms with Gasteiger partial charge in [-0.15, -0.1) is 0 Å². The Hall–Kier alpha value is -0.300. The van der Waals surface area contributed by atoms with Gasteiger partial charge < -0.3 is 59.8 Å². The number of hydrogen-bond donors (Lipinski definition) is 6. The van der Waals surface area contributed by atoms with E-state index in [2.05, 4.69) is 39.4 Å². The Labute approximate surface area is 391 Å². The predicted octanol–water partition coefficient (Wildman–Crippen LogP) is -14.5. The van der Waals surface area contributed by atoms with Gasteiger partial charge >= 0.3 is 87.2 Å². The van der Waals surface area contributed by atoms with Gasteiger partial charge in [-0.3, -0.25) is 37.4 Å². The van der Waals surface area contributed by atoms with E-state index in [4.69, 9.17) is 4.74 Å². The quantitative estimate of drug-likeness (QED) is 0.0272. The summed E-state index contributed by atoms with van der Waals surface area (Å²) in [5.41, 5.74) is -1.79. The first-order chi connectivity index (χ1) is 25.8. The van der Waals surface area contributed by atoms with Crippen LogP contribution in [0.25, 0.3) is 6.08 Å². The summed E-state index contributed by atoms with van der Waals surface area (Å²) in [4.78, 5) is 107. The van der Waals surface area contributed by atoms with Crippen molar-refractivity contribution in [3.05, 3.63) is 38.7 Å². The minimum atomic E-state index is -6.20. The van der Waals surface area contributed by atoms with Crippen molar-refractivity contribution in [1.29, 1.82) is 0 Å². The van der Waals surface area contributed by atoms with Crippen LogP contribution in [0, 0.1) is 0 Å². The number of fused-ring (bicyclic) bond motifs is 1. The van der Waals surface area contributed by atoms with Crippen molar-refractivity contribution in [1.82, 2.24) is 30.8 Å². The molecule has 310 valence electrons. The number of aliphatic hydroxyl groups excluding tert-OH is 1. The number of hydrogen-bond acceptors (Lipinski definition) is 18. The summed E-state index contributed by atoms with van der Waals surface area (Å²) >= 11 is 1.84. The molecule has 1 aromatic heterocycles. The number of aliphatic hydroxyl groups is 1. The maximum atomic E-state index is 12.5. The number of urea groups is 1. The van der Waals surface area contributed by atoms with Gasteiger partial charge in [-0.05, 0) is 25.7 Å². The number of carbonyl (C=O) groups excluding carboxylic acids is 3. The number of nitrogens with one attached hydrogen (secondary N) is 5. The van der Waals surface area contributed by atoms with Crippen molar-refractivity contribution < 1.29 is 146 Å². The Balaban J connectivity index is 0.00000841. The third-order valence-electron chi connectivity index (χ3n) is 8.50. The summed E-state index contributed by atoms with van der Waals surface area (Å²) in [6.07, 6.45) is 4.55. The molecule has 4 rings (SSSR count). The van der Waals surface area contributed by atoms with Gasteiger partial charge in [0, 0.05) is 49.6 Å². The number of aromatic nitrogens is 2. The fourth-order valence-corrected chi connectivity index (χ4v) is 10.4. The summed E-state index contributed by atoms with van der Waals surface area (Å²) in [6.45, 7) is -0.535. The van der Waals surface area contributed by atoms with Gasteiger partial charge in [0.25, 0.3) is 21.2 Å². The van der Waals surface area contributed by atoms with Gasteiger partial charge in [-0.2, -0.15) is 11.8 Å². The van der Waals surface area contributed by atoms with E-state index in [1.54, 1.807) is 0 Å². The number of phosphoric acid groups is 3. The monoisotopic (exact) mass is 886 g/mol. The topological polar surface area (TPSA) is 355 Å². The summed E-state index contributed by atoms with van der Waals surface area (Å²) in [6, 6.07) is 0.223. The fraction of sp³-hybridized carbons (Fsp3) is 0.679. The molecule has 0 spiro atoms. The van der Waals surface area contributed by atoms with Crippen molar-refractivity contribution in [3.8, 4) is 0 Å². The zero-order valence-corrected chi connectivity index (χ0v) is 36.6. The fourth-order valence-electron chi connectivity index (χ4n) is 5.94. The van der Waals surface area contributed by atoms with Gasteiger partial charge in [0.1, 0.15) is 12.3 Å². The molecular weight excluding hydrogens is 845 g/mol. The average molecular weight is 886 g/mol. The van der Waals surface area contributed by atoms with E-state index >= 15 is 0 Å². The Bertz CT molecular complexity index is 1840. The number of amides is 4. The standard InChI is InChI=1S/C28H45N6O17P3S.4Li/c35-19-13-24(49-20(19)15-48-53(44,45)51-54(46,47)50-52(41,42)43)34-14-17(26(38)33-28(34)40)7-6-12-30-22(36)9-2-1-5-11-29-23(37)10-4-3-8-21-25-18(16-55-21)31-27(39)32-25;;;;/h6-7,14,18-21,24-25,35H,1-5,8-13,15-16H2,(H,29,37)(H,30,36)(H,44,45)(H,46,47)(H2,31,32,39)(H,33,38,40)(H2,41,42,43);;;;/q;4*+1/p-4/b7-6+;;;;/t18-,19+,20+,21-,24+,25-;;;;/m0..../s1. The van der Waals surface area contributed by atoms with Gasteiger partial charge in [-0.1, -0.05) is 25.0 Å². The Kier molecular flexibility index (Phi) is 27.0. The van der Waals surface area contributed by atoms with E-state index in [9.17, 15) is 62.3 Å². The van der Waals surface area contributed by atoms with Gasteiger partial charge in [0.2, 0.25) is 11.8 Å². The summed E-state index contributed by atoms with van der Waals surface area (Å²) in [5, 5.41) is 22.1. The van der Waals surface area contributed by atoms with E-state index < -0.39 is 59.8 Å². The second kappa shape index (κ2) is 27.1. The number of phosphoric ester groups is 1. The Morgan fingerprint density at radius 3 is 2.27 bits per heavy atom. The molecule has 3 fully saturated rings. The maximum Gasteiger partial charge on any atom is 1.00 e. The van der Waals surface area contributed by atoms with Crippen LogP contribution in [-0.4, -0.2) is 87.5 Å². The van der Waals surface area contributed by atoms with Crippen molar-refractivity contribution in [2.75, 3.05) is 25.4 Å². The van der Waals surface area contributed by atoms with Crippen LogP contribution in [0.1, 0.15) is 69.6 Å². The van der Waals surface area contributed by atoms with Crippen LogP contribution in [0.3, 0.4) is 0 Å². The molecule has 59 heavy (non-hydrogen) atoms. The van der Waals surface area contributed by atoms with Gasteiger partial charge in [0.05, 0.1) is 38.2 Å². The van der Waals surface area contributed by atoms with Crippen LogP contribution in [0.2, 0.25) is 0 Å². The summed E-state index contributed by atoms with van der Waals surface area (Å²) in [7, 11) is -18.2. The first kappa shape index (κ1) is 58.7. The van der Waals surface area contributed by atoms with Crippen molar-refractivity contribution in [3.63, 3.8) is 0 Å². The van der Waals surface area contributed by atoms with E-state index in [0.717, 1.165) is 35.8 Å². The molecule has 6 N–H and O–H groups in total. The number of H-pyrrole nitrogens is 1. The third kappa shape index (κ3) is 20.4. The average Bonchev–Trinajstić information content (AvgIpc) is 3.74. The number of unbranched alkanes of at least 4 members (excludes halogenated alkanes) is 3. The Morgan fingerprint density at radius 1 is 0.932 bits per heavy atom. The van der Waals surface area contributed by atoms with Crippen LogP contribution >= 0.6 is 35.2 Å². The normalized spacial score (nSPS) is 24.1. The molecule has 8 atom stereocenters. The molecule has 31 heteroatoms. The number of nitrogens with zero attached hydrogens (tertiary/aromatic N) is 1. The molecule has 2 unspecified atom stereocenters. The van der Waals surface area contributed by atoms with E-state index in [-0.39, 0.29) is 130 Å². The second-order valence-electron chi connectivity index (χ2n) is 12.7. The number of ether oxygens (including phenoxy) is 1. The zero-order valence-electron chi connectivity index (χ0n) is 33.1. The number of aromatic amines is 1. The van der Waals surface area contributed by atoms with Gasteiger partial charge in [0.15, 0.2) is 0 Å². The summed E-state index contributed by atoms with van der Waals surface area (Å²) < 4.78 is 50.7. The van der Waals surface area contributed by atoms with Crippen molar-refractivity contribution in [2.45, 2.75) is 93.6 Å². The predicted molar refractivity (Wildman–Crippen MR) is 184 cm³/mol. The number of carbonyl (C=O) groups is 3. The first-order valence-corrected chi connectivity index (χ1v) is 22.5. The first-order valence-electron chi connectivity index (χ1n) is 17.1. The van der Waals surface area contributed by atoms with Gasteiger partial charge in [-0.25, -0.2) is 13.9 Å². The molecule has 3 aliphatic rings. The second-order valence-corrected chi connectivity index (χ2v) is 18.2. The molecule has 1 aromatic rings. The molecule has 0 saturated carbocycles. The van der Waals surface area contributed by atoms with Crippen LogP contribution in [0.4, 0.5) is 4.79 Å². The van der Waals surface area contributed by atoms with Crippen LogP contribution in [0.5, 0.6) is 0 Å². The molecule has 4 amide bonds. The number of rotatable bonds is 22. The number of thioether (sulfide) groups is 1. The minimum Gasteiger partial charge on any atom is -0.790 e. The molecule has 3 aliphatic heterocycles. The van der Waals surface area contributed by atoms with E-state index in [1.807, 2.05) is 11.8 Å². The molecule has 0 radical (unpaired) electrons. The van der Waals surface area contributed by atoms with Crippen LogP contribution in [0.15, 0.2) is 21.9 Å². The van der Waals surface area contributed by atoms with Crippen molar-refractivity contribution in [2.24, 2.45) is 0 Å². The minimum absolute atomic E-state index is 0. The SMILES string of the molecule is O=C(CCCCCNC(=O)CCCC[C@@H]1SC[C@@H]2NC(=O)N[C@@H]21)NC/C=C/c1cn([C@H]2C[C@@H](O)[C@@H](COP(=O)([O-])OP(=O)([O-])OP(=O)([O-])[O-])O2)c(=O)[nH]c1=O.[Li+].[Li+].[Li+].[Li+]. The van der Waals surface area contributed by atoms with E-state index in [0.29, 0.717) is 37.5 Å². The zero-order chi connectivity index (χ0) is 40.4. The van der Waals surface area contributed by atoms with E-state index in [1.165, 1.54) is 12.2 Å². The molecule has 0 aromatic carbocycles. The summed E-state index contributed by atoms with van der Waals surface area (Å²) in [5.74, 6) is 0.629. The van der Waals surface area contributed by atoms with Crippen LogP contribution < -0.4 is 128 Å².